The quantitative estimate of drug-likeness (QED) is 0.779. The molecular weight excluding hydrogens is 254 g/mol. The van der Waals surface area contributed by atoms with Gasteiger partial charge in [-0.3, -0.25) is 4.79 Å². The van der Waals surface area contributed by atoms with Gasteiger partial charge in [0.15, 0.2) is 5.79 Å². The molecule has 2 saturated heterocycles. The van der Waals surface area contributed by atoms with Gasteiger partial charge in [-0.15, -0.1) is 0 Å². The Kier molecular flexibility index (Phi) is 4.75. The highest BCUT2D eigenvalue weighted by molar-refractivity contribution is 5.79. The fourth-order valence-corrected chi connectivity index (χ4v) is 3.19. The lowest BCUT2D eigenvalue weighted by atomic mass is 9.79. The van der Waals surface area contributed by atoms with Crippen molar-refractivity contribution in [1.29, 1.82) is 0 Å². The molecule has 4 heteroatoms. The summed E-state index contributed by atoms with van der Waals surface area (Å²) in [4.78, 5) is 14.5. The normalized spacial score (nSPS) is 23.9. The second-order valence-corrected chi connectivity index (χ2v) is 6.95. The molecule has 0 atom stereocenters. The molecule has 0 radical (unpaired) electrons. The van der Waals surface area contributed by atoms with Gasteiger partial charge in [0.1, 0.15) is 0 Å². The first-order valence-corrected chi connectivity index (χ1v) is 7.98. The molecular formula is C16H29NO3. The van der Waals surface area contributed by atoms with Gasteiger partial charge in [-0.25, -0.2) is 0 Å². The molecule has 0 aliphatic carbocycles. The summed E-state index contributed by atoms with van der Waals surface area (Å²) < 4.78 is 11.5. The van der Waals surface area contributed by atoms with Gasteiger partial charge in [-0.05, 0) is 26.7 Å². The lowest BCUT2D eigenvalue weighted by Gasteiger charge is -2.54. The maximum absolute atomic E-state index is 12.5. The average Bonchev–Trinajstić information content (AvgIpc) is 2.36. The first-order valence-electron chi connectivity index (χ1n) is 7.98. The first kappa shape index (κ1) is 15.8. The molecule has 0 aromatic carbocycles. The summed E-state index contributed by atoms with van der Waals surface area (Å²) in [5.74, 6) is 0.0798. The van der Waals surface area contributed by atoms with Gasteiger partial charge in [0.05, 0.1) is 18.6 Å². The van der Waals surface area contributed by atoms with Gasteiger partial charge in [0.25, 0.3) is 0 Å². The molecule has 1 amide bonds. The molecule has 116 valence electrons. The number of hydrogen-bond donors (Lipinski definition) is 0. The van der Waals surface area contributed by atoms with Crippen molar-refractivity contribution in [3.05, 3.63) is 0 Å². The minimum atomic E-state index is -0.470. The minimum Gasteiger partial charge on any atom is -0.350 e. The van der Waals surface area contributed by atoms with Gasteiger partial charge < -0.3 is 14.4 Å². The van der Waals surface area contributed by atoms with E-state index in [4.69, 9.17) is 9.47 Å². The third-order valence-corrected chi connectivity index (χ3v) is 4.44. The van der Waals surface area contributed by atoms with Crippen molar-refractivity contribution in [1.82, 2.24) is 4.90 Å². The predicted octanol–water partition coefficient (Wildman–Crippen LogP) is 2.81. The molecule has 0 aromatic rings. The zero-order valence-electron chi connectivity index (χ0n) is 13.4. The monoisotopic (exact) mass is 283 g/mol. The van der Waals surface area contributed by atoms with Crippen LogP contribution in [0, 0.1) is 11.3 Å². The van der Waals surface area contributed by atoms with E-state index < -0.39 is 5.79 Å². The third kappa shape index (κ3) is 3.34. The number of rotatable bonds is 5. The van der Waals surface area contributed by atoms with Gasteiger partial charge in [0.2, 0.25) is 5.91 Å². The van der Waals surface area contributed by atoms with Crippen molar-refractivity contribution in [2.75, 3.05) is 26.3 Å². The summed E-state index contributed by atoms with van der Waals surface area (Å²) in [6.45, 7) is 11.2. The Bertz CT molecular complexity index is 330. The Balaban J connectivity index is 1.84. The number of nitrogens with zero attached hydrogens (tertiary/aromatic N) is 1. The Morgan fingerprint density at radius 2 is 1.60 bits per heavy atom. The molecule has 0 unspecified atom stereocenters. The summed E-state index contributed by atoms with van der Waals surface area (Å²) in [5, 5.41) is 0. The van der Waals surface area contributed by atoms with E-state index in [-0.39, 0.29) is 11.3 Å². The summed E-state index contributed by atoms with van der Waals surface area (Å²) in [6, 6.07) is 0. The Hall–Kier alpha value is -0.610. The average molecular weight is 283 g/mol. The van der Waals surface area contributed by atoms with E-state index in [0.29, 0.717) is 19.1 Å². The largest absolute Gasteiger partial charge is 0.350 e. The van der Waals surface area contributed by atoms with E-state index >= 15 is 0 Å². The maximum atomic E-state index is 12.5. The van der Waals surface area contributed by atoms with Crippen LogP contribution in [0.4, 0.5) is 0 Å². The zero-order chi connectivity index (χ0) is 14.8. The molecule has 2 fully saturated rings. The van der Waals surface area contributed by atoms with E-state index in [1.54, 1.807) is 0 Å². The lowest BCUT2D eigenvalue weighted by molar-refractivity contribution is -0.303. The number of likely N-dealkylation sites (tertiary alicyclic amines) is 1. The van der Waals surface area contributed by atoms with Crippen LogP contribution < -0.4 is 0 Å². The predicted molar refractivity (Wildman–Crippen MR) is 78.3 cm³/mol. The SMILES string of the molecule is CCCC(CCC)C(=O)N1CC2(COC(C)(C)OC2)C1. The van der Waals surface area contributed by atoms with Crippen molar-refractivity contribution in [3.8, 4) is 0 Å². The van der Waals surface area contributed by atoms with Crippen molar-refractivity contribution in [2.45, 2.75) is 59.2 Å². The van der Waals surface area contributed by atoms with E-state index in [1.807, 2.05) is 18.7 Å². The lowest BCUT2D eigenvalue weighted by Crippen LogP contribution is -2.66. The summed E-state index contributed by atoms with van der Waals surface area (Å²) >= 11 is 0. The van der Waals surface area contributed by atoms with Crippen molar-refractivity contribution in [3.63, 3.8) is 0 Å². The Labute approximate surface area is 122 Å². The molecule has 4 nitrogen and oxygen atoms in total. The fraction of sp³-hybridized carbons (Fsp3) is 0.938. The van der Waals surface area contributed by atoms with Crippen LogP contribution in [0.1, 0.15) is 53.4 Å². The van der Waals surface area contributed by atoms with E-state index in [1.165, 1.54) is 0 Å². The molecule has 0 aromatic heterocycles. The van der Waals surface area contributed by atoms with Crippen molar-refractivity contribution < 1.29 is 14.3 Å². The van der Waals surface area contributed by atoms with Crippen molar-refractivity contribution in [2.24, 2.45) is 11.3 Å². The van der Waals surface area contributed by atoms with Gasteiger partial charge >= 0.3 is 0 Å². The van der Waals surface area contributed by atoms with Crippen LogP contribution >= 0.6 is 0 Å². The molecule has 0 N–H and O–H groups in total. The molecule has 2 heterocycles. The highest BCUT2D eigenvalue weighted by atomic mass is 16.7. The Morgan fingerprint density at radius 1 is 1.10 bits per heavy atom. The topological polar surface area (TPSA) is 38.8 Å². The van der Waals surface area contributed by atoms with E-state index in [9.17, 15) is 4.79 Å². The standard InChI is InChI=1S/C16H29NO3/c1-5-7-13(8-6-2)14(18)17-9-16(10-17)11-19-15(3,4)20-12-16/h13H,5-12H2,1-4H3. The van der Waals surface area contributed by atoms with Gasteiger partial charge in [0, 0.05) is 19.0 Å². The molecule has 2 aliphatic rings. The second kappa shape index (κ2) is 6.02. The summed E-state index contributed by atoms with van der Waals surface area (Å²) in [5.41, 5.74) is 0.0498. The molecule has 0 saturated carbocycles. The smallest absolute Gasteiger partial charge is 0.225 e. The first-order chi connectivity index (χ1) is 9.41. The molecule has 2 rings (SSSR count). The van der Waals surface area contributed by atoms with Crippen LogP contribution in [-0.4, -0.2) is 42.9 Å². The second-order valence-electron chi connectivity index (χ2n) is 6.95. The number of amides is 1. The minimum absolute atomic E-state index is 0.0498. The Morgan fingerprint density at radius 3 is 2.05 bits per heavy atom. The molecule has 1 spiro atoms. The van der Waals surface area contributed by atoms with Crippen LogP contribution in [0.25, 0.3) is 0 Å². The third-order valence-electron chi connectivity index (χ3n) is 4.44. The summed E-state index contributed by atoms with van der Waals surface area (Å²) in [6.07, 6.45) is 4.18. The number of ether oxygens (including phenoxy) is 2. The number of carbonyl (C=O) groups is 1. The van der Waals surface area contributed by atoms with Crippen LogP contribution in [0.3, 0.4) is 0 Å². The van der Waals surface area contributed by atoms with Crippen LogP contribution in [0.15, 0.2) is 0 Å². The van der Waals surface area contributed by atoms with Crippen molar-refractivity contribution >= 4 is 5.91 Å². The number of hydrogen-bond acceptors (Lipinski definition) is 3. The molecule has 20 heavy (non-hydrogen) atoms. The maximum Gasteiger partial charge on any atom is 0.225 e. The summed E-state index contributed by atoms with van der Waals surface area (Å²) in [7, 11) is 0. The highest BCUT2D eigenvalue weighted by Gasteiger charge is 2.50. The van der Waals surface area contributed by atoms with E-state index in [0.717, 1.165) is 38.8 Å². The fourth-order valence-electron chi connectivity index (χ4n) is 3.19. The zero-order valence-corrected chi connectivity index (χ0v) is 13.4. The van der Waals surface area contributed by atoms with Crippen LogP contribution in [0.5, 0.6) is 0 Å². The van der Waals surface area contributed by atoms with E-state index in [2.05, 4.69) is 13.8 Å². The molecule has 0 bridgehead atoms. The van der Waals surface area contributed by atoms with Crippen LogP contribution in [-0.2, 0) is 14.3 Å². The highest BCUT2D eigenvalue weighted by Crippen LogP contribution is 2.38. The molecule has 2 aliphatic heterocycles. The number of carbonyl (C=O) groups excluding carboxylic acids is 1. The van der Waals surface area contributed by atoms with Crippen LogP contribution in [0.2, 0.25) is 0 Å². The van der Waals surface area contributed by atoms with Gasteiger partial charge in [-0.1, -0.05) is 26.7 Å². The van der Waals surface area contributed by atoms with Gasteiger partial charge in [-0.2, -0.15) is 0 Å².